The van der Waals surface area contributed by atoms with Gasteiger partial charge in [0, 0.05) is 7.05 Å². The summed E-state index contributed by atoms with van der Waals surface area (Å²) in [5, 5.41) is 17.7. The van der Waals surface area contributed by atoms with Gasteiger partial charge in [-0.2, -0.15) is 23.4 Å². The summed E-state index contributed by atoms with van der Waals surface area (Å²) >= 11 is 0. The van der Waals surface area contributed by atoms with E-state index in [9.17, 15) is 18.0 Å². The molecular weight excluding hydrogens is 253 g/mol. The van der Waals surface area contributed by atoms with E-state index in [4.69, 9.17) is 5.11 Å². The Labute approximate surface area is 98.0 Å². The Morgan fingerprint density at radius 1 is 1.50 bits per heavy atom. The Hall–Kier alpha value is -2.32. The molecule has 0 aliphatic rings. The van der Waals surface area contributed by atoms with E-state index in [0.717, 1.165) is 16.9 Å². The highest BCUT2D eigenvalue weighted by Crippen LogP contribution is 2.34. The maximum absolute atomic E-state index is 12.6. The molecule has 0 spiro atoms. The third-order valence-electron chi connectivity index (χ3n) is 2.30. The molecule has 0 aliphatic carbocycles. The minimum atomic E-state index is -4.60. The minimum absolute atomic E-state index is 0.101. The molecule has 2 aromatic heterocycles. The molecule has 6 nitrogen and oxygen atoms in total. The van der Waals surface area contributed by atoms with E-state index in [1.165, 1.54) is 7.05 Å². The summed E-state index contributed by atoms with van der Waals surface area (Å²) < 4.78 is 38.8. The molecule has 0 amide bonds. The Morgan fingerprint density at radius 2 is 2.17 bits per heavy atom. The molecule has 2 heterocycles. The molecule has 0 atom stereocenters. The van der Waals surface area contributed by atoms with Gasteiger partial charge in [0.25, 0.3) is 0 Å². The third kappa shape index (κ3) is 1.94. The molecule has 0 saturated carbocycles. The number of halogens is 3. The van der Waals surface area contributed by atoms with Crippen LogP contribution in [0, 0.1) is 0 Å². The van der Waals surface area contributed by atoms with Gasteiger partial charge in [-0.05, 0) is 6.07 Å². The van der Waals surface area contributed by atoms with Crippen molar-refractivity contribution in [2.45, 2.75) is 6.18 Å². The Morgan fingerprint density at radius 3 is 2.67 bits per heavy atom. The van der Waals surface area contributed by atoms with Crippen molar-refractivity contribution in [3.05, 3.63) is 23.7 Å². The number of aryl methyl sites for hydroxylation is 1. The maximum atomic E-state index is 12.6. The van der Waals surface area contributed by atoms with Crippen LogP contribution in [0.3, 0.4) is 0 Å². The molecule has 0 unspecified atom stereocenters. The van der Waals surface area contributed by atoms with Crippen LogP contribution < -0.4 is 0 Å². The number of H-pyrrole nitrogens is 1. The number of alkyl halides is 3. The number of carboxylic acids is 1. The van der Waals surface area contributed by atoms with E-state index < -0.39 is 17.8 Å². The van der Waals surface area contributed by atoms with Gasteiger partial charge >= 0.3 is 12.1 Å². The third-order valence-corrected chi connectivity index (χ3v) is 2.30. The van der Waals surface area contributed by atoms with Gasteiger partial charge in [-0.15, -0.1) is 0 Å². The monoisotopic (exact) mass is 260 g/mol. The number of rotatable bonds is 2. The van der Waals surface area contributed by atoms with Gasteiger partial charge in [0.1, 0.15) is 11.4 Å². The fourth-order valence-electron chi connectivity index (χ4n) is 1.50. The predicted molar refractivity (Wildman–Crippen MR) is 52.8 cm³/mol. The highest BCUT2D eigenvalue weighted by atomic mass is 19.4. The summed E-state index contributed by atoms with van der Waals surface area (Å²) in [6, 6.07) is 1.06. The van der Waals surface area contributed by atoms with Crippen LogP contribution in [0.25, 0.3) is 11.3 Å². The fourth-order valence-corrected chi connectivity index (χ4v) is 1.50. The maximum Gasteiger partial charge on any atom is 0.433 e. The van der Waals surface area contributed by atoms with Gasteiger partial charge in [0.2, 0.25) is 0 Å². The normalized spacial score (nSPS) is 11.8. The minimum Gasteiger partial charge on any atom is -0.477 e. The smallest absolute Gasteiger partial charge is 0.433 e. The van der Waals surface area contributed by atoms with E-state index in [1.807, 2.05) is 5.10 Å². The SMILES string of the molecule is Cn1nc(-c2cn[nH]c2C(F)(F)F)cc1C(=O)O. The zero-order valence-electron chi connectivity index (χ0n) is 8.99. The number of hydrogen-bond acceptors (Lipinski definition) is 3. The van der Waals surface area contributed by atoms with Crippen molar-refractivity contribution in [3.63, 3.8) is 0 Å². The topological polar surface area (TPSA) is 83.8 Å². The molecule has 0 radical (unpaired) electrons. The number of carbonyl (C=O) groups is 1. The second-order valence-corrected chi connectivity index (χ2v) is 3.50. The second-order valence-electron chi connectivity index (χ2n) is 3.50. The molecule has 2 rings (SSSR count). The van der Waals surface area contributed by atoms with Crippen molar-refractivity contribution in [1.29, 1.82) is 0 Å². The van der Waals surface area contributed by atoms with E-state index >= 15 is 0 Å². The summed E-state index contributed by atoms with van der Waals surface area (Å²) in [7, 11) is 1.33. The highest BCUT2D eigenvalue weighted by molar-refractivity contribution is 5.87. The van der Waals surface area contributed by atoms with Crippen LogP contribution in [0.4, 0.5) is 13.2 Å². The van der Waals surface area contributed by atoms with Crippen LogP contribution in [0.15, 0.2) is 12.3 Å². The zero-order valence-corrected chi connectivity index (χ0v) is 8.99. The lowest BCUT2D eigenvalue weighted by molar-refractivity contribution is -0.140. The van der Waals surface area contributed by atoms with Gasteiger partial charge in [0.15, 0.2) is 0 Å². The lowest BCUT2D eigenvalue weighted by Crippen LogP contribution is -2.07. The van der Waals surface area contributed by atoms with Crippen molar-refractivity contribution in [1.82, 2.24) is 20.0 Å². The number of carboxylic acid groups (broad SMARTS) is 1. The van der Waals surface area contributed by atoms with Gasteiger partial charge in [0.05, 0.1) is 17.5 Å². The first kappa shape index (κ1) is 12.1. The van der Waals surface area contributed by atoms with Crippen LogP contribution in [-0.4, -0.2) is 31.1 Å². The number of nitrogens with one attached hydrogen (secondary N) is 1. The van der Waals surface area contributed by atoms with Crippen molar-refractivity contribution in [2.75, 3.05) is 0 Å². The Kier molecular flexibility index (Phi) is 2.60. The van der Waals surface area contributed by atoms with Crippen molar-refractivity contribution < 1.29 is 23.1 Å². The summed E-state index contributed by atoms with van der Waals surface area (Å²) in [4.78, 5) is 10.8. The first-order valence-corrected chi connectivity index (χ1v) is 4.69. The molecular formula is C9H7F3N4O2. The van der Waals surface area contributed by atoms with Crippen LogP contribution >= 0.6 is 0 Å². The molecule has 0 aliphatic heterocycles. The number of aromatic amines is 1. The molecule has 18 heavy (non-hydrogen) atoms. The van der Waals surface area contributed by atoms with Crippen LogP contribution in [-0.2, 0) is 13.2 Å². The molecule has 0 fully saturated rings. The van der Waals surface area contributed by atoms with Crippen LogP contribution in [0.2, 0.25) is 0 Å². The quantitative estimate of drug-likeness (QED) is 0.857. The molecule has 9 heteroatoms. The average Bonchev–Trinajstić information content (AvgIpc) is 2.80. The largest absolute Gasteiger partial charge is 0.477 e. The van der Waals surface area contributed by atoms with Crippen molar-refractivity contribution in [2.24, 2.45) is 7.05 Å². The van der Waals surface area contributed by atoms with E-state index in [-0.39, 0.29) is 17.0 Å². The highest BCUT2D eigenvalue weighted by Gasteiger charge is 2.36. The van der Waals surface area contributed by atoms with Gasteiger partial charge in [-0.3, -0.25) is 9.78 Å². The first-order chi connectivity index (χ1) is 8.30. The van der Waals surface area contributed by atoms with Crippen LogP contribution in [0.1, 0.15) is 16.2 Å². The lowest BCUT2D eigenvalue weighted by atomic mass is 10.1. The number of aromatic nitrogens is 4. The molecule has 96 valence electrons. The lowest BCUT2D eigenvalue weighted by Gasteiger charge is -2.04. The van der Waals surface area contributed by atoms with Crippen molar-refractivity contribution in [3.8, 4) is 11.3 Å². The summed E-state index contributed by atoms with van der Waals surface area (Å²) in [6.45, 7) is 0. The molecule has 0 aromatic carbocycles. The van der Waals surface area contributed by atoms with Gasteiger partial charge in [-0.25, -0.2) is 4.79 Å². The first-order valence-electron chi connectivity index (χ1n) is 4.69. The Balaban J connectivity index is 2.54. The molecule has 0 saturated heterocycles. The average molecular weight is 260 g/mol. The number of aromatic carboxylic acids is 1. The summed E-state index contributed by atoms with van der Waals surface area (Å²) in [6.07, 6.45) is -3.65. The predicted octanol–water partition coefficient (Wildman–Crippen LogP) is 1.53. The van der Waals surface area contributed by atoms with Crippen molar-refractivity contribution >= 4 is 5.97 Å². The second kappa shape index (κ2) is 3.86. The standard InChI is InChI=1S/C9H7F3N4O2/c1-16-6(8(17)18)2-5(15-16)4-3-13-14-7(4)9(10,11)12/h2-3H,1H3,(H,13,14)(H,17,18). The van der Waals surface area contributed by atoms with Gasteiger partial charge < -0.3 is 5.11 Å². The number of hydrogen-bond donors (Lipinski definition) is 2. The molecule has 2 N–H and O–H groups in total. The fraction of sp³-hybridized carbons (Fsp3) is 0.222. The zero-order chi connectivity index (χ0) is 13.5. The van der Waals surface area contributed by atoms with E-state index in [2.05, 4.69) is 10.2 Å². The molecule has 2 aromatic rings. The van der Waals surface area contributed by atoms with E-state index in [1.54, 1.807) is 0 Å². The summed E-state index contributed by atoms with van der Waals surface area (Å²) in [5.74, 6) is -1.27. The number of nitrogens with zero attached hydrogens (tertiary/aromatic N) is 3. The molecule has 0 bridgehead atoms. The van der Waals surface area contributed by atoms with Crippen LogP contribution in [0.5, 0.6) is 0 Å². The Bertz CT molecular complexity index is 599. The van der Waals surface area contributed by atoms with Gasteiger partial charge in [-0.1, -0.05) is 0 Å². The van der Waals surface area contributed by atoms with E-state index in [0.29, 0.717) is 0 Å². The summed E-state index contributed by atoms with van der Waals surface area (Å²) in [5.41, 5.74) is -1.65.